The normalized spacial score (nSPS) is 15.4. The number of anilines is 1. The third kappa shape index (κ3) is 6.42. The number of benzene rings is 2. The number of ether oxygens (including phenoxy) is 1. The molecule has 0 bridgehead atoms. The van der Waals surface area contributed by atoms with E-state index in [0.29, 0.717) is 43.0 Å². The maximum Gasteiger partial charge on any atom is 0.254 e. The maximum atomic E-state index is 13.8. The zero-order valence-corrected chi connectivity index (χ0v) is 22.0. The molecule has 0 spiro atoms. The summed E-state index contributed by atoms with van der Waals surface area (Å²) in [5, 5.41) is 7.93. The summed E-state index contributed by atoms with van der Waals surface area (Å²) in [5.74, 6) is 0.759. The Hall–Kier alpha value is -3.56. The molecule has 1 aromatic heterocycles. The molecule has 0 unspecified atom stereocenters. The van der Waals surface area contributed by atoms with E-state index in [1.807, 2.05) is 41.3 Å². The first-order valence-electron chi connectivity index (χ1n) is 12.7. The number of methoxy groups -OCH3 is 1. The molecule has 0 atom stereocenters. The van der Waals surface area contributed by atoms with Crippen molar-refractivity contribution in [3.8, 4) is 11.5 Å². The summed E-state index contributed by atoms with van der Waals surface area (Å²) in [6.07, 6.45) is 0.826. The van der Waals surface area contributed by atoms with Crippen LogP contribution in [-0.4, -0.2) is 77.7 Å². The fourth-order valence-corrected chi connectivity index (χ4v) is 4.61. The van der Waals surface area contributed by atoms with Crippen LogP contribution in [0, 0.1) is 6.92 Å². The van der Waals surface area contributed by atoms with Gasteiger partial charge in [0.25, 0.3) is 11.8 Å². The molecule has 2 heterocycles. The van der Waals surface area contributed by atoms with Gasteiger partial charge in [-0.15, -0.1) is 10.2 Å². The summed E-state index contributed by atoms with van der Waals surface area (Å²) in [7, 11) is 1.53. The van der Waals surface area contributed by atoms with Crippen LogP contribution in [-0.2, 0) is 16.1 Å². The molecular formula is C28H35N5O4. The first kappa shape index (κ1) is 26.5. The van der Waals surface area contributed by atoms with Gasteiger partial charge >= 0.3 is 0 Å². The van der Waals surface area contributed by atoms with Crippen molar-refractivity contribution in [3.05, 3.63) is 65.5 Å². The maximum absolute atomic E-state index is 13.8. The Morgan fingerprint density at radius 2 is 1.76 bits per heavy atom. The summed E-state index contributed by atoms with van der Waals surface area (Å²) in [4.78, 5) is 32.8. The topological polar surface area (TPSA) is 92.0 Å². The van der Waals surface area contributed by atoms with E-state index in [4.69, 9.17) is 9.15 Å². The van der Waals surface area contributed by atoms with Crippen LogP contribution in [0.25, 0.3) is 11.5 Å². The number of nitrogens with zero attached hydrogens (tertiary/aromatic N) is 5. The number of carbonyl (C=O) groups is 2. The average molecular weight is 506 g/mol. The monoisotopic (exact) mass is 505 g/mol. The minimum atomic E-state index is -0.0879. The lowest BCUT2D eigenvalue weighted by atomic mass is 10.1. The molecule has 0 saturated carbocycles. The molecule has 9 nitrogen and oxygen atoms in total. The Morgan fingerprint density at radius 3 is 2.43 bits per heavy atom. The van der Waals surface area contributed by atoms with E-state index in [0.717, 1.165) is 36.3 Å². The Labute approximate surface area is 218 Å². The third-order valence-electron chi connectivity index (χ3n) is 6.62. The number of carbonyl (C=O) groups excluding carboxylic acids is 2. The molecule has 0 radical (unpaired) electrons. The van der Waals surface area contributed by atoms with Crippen molar-refractivity contribution in [2.45, 2.75) is 39.8 Å². The zero-order valence-electron chi connectivity index (χ0n) is 22.0. The molecular weight excluding hydrogens is 470 g/mol. The van der Waals surface area contributed by atoms with E-state index >= 15 is 0 Å². The summed E-state index contributed by atoms with van der Waals surface area (Å²) >= 11 is 0. The molecule has 4 rings (SSSR count). The van der Waals surface area contributed by atoms with Crippen LogP contribution < -0.4 is 4.90 Å². The lowest BCUT2D eigenvalue weighted by molar-refractivity contribution is -0.122. The standard InChI is InChI=1S/C28H35N5O4/c1-20(2)31-14-7-15-33(26(34)19-36-4)25-9-6-5-8-24(25)18-32(17-16-31)28(35)23-12-10-22(11-13-23)27-30-29-21(3)37-27/h5-6,8-13,20H,7,14-19H2,1-4H3. The van der Waals surface area contributed by atoms with Crippen LogP contribution in [0.5, 0.6) is 0 Å². The SMILES string of the molecule is COCC(=O)N1CCCN(C(C)C)CCN(C(=O)c2ccc(-c3nnc(C)o3)cc2)Cc2ccccc21. The van der Waals surface area contributed by atoms with E-state index in [1.165, 1.54) is 7.11 Å². The van der Waals surface area contributed by atoms with Gasteiger partial charge in [-0.05, 0) is 56.2 Å². The summed E-state index contributed by atoms with van der Waals surface area (Å²) < 4.78 is 10.7. The van der Waals surface area contributed by atoms with Crippen molar-refractivity contribution in [2.75, 3.05) is 44.8 Å². The highest BCUT2D eigenvalue weighted by atomic mass is 16.5. The van der Waals surface area contributed by atoms with E-state index in [2.05, 4.69) is 28.9 Å². The number of para-hydroxylation sites is 1. The lowest BCUT2D eigenvalue weighted by Gasteiger charge is -2.30. The Kier molecular flexibility index (Phi) is 8.68. The van der Waals surface area contributed by atoms with Crippen molar-refractivity contribution in [2.24, 2.45) is 0 Å². The number of fused-ring (bicyclic) bond motifs is 1. The number of aryl methyl sites for hydroxylation is 1. The largest absolute Gasteiger partial charge is 0.421 e. The highest BCUT2D eigenvalue weighted by Crippen LogP contribution is 2.25. The van der Waals surface area contributed by atoms with Gasteiger partial charge in [0.2, 0.25) is 11.8 Å². The molecule has 0 fully saturated rings. The van der Waals surface area contributed by atoms with Crippen LogP contribution in [0.2, 0.25) is 0 Å². The number of hydrogen-bond donors (Lipinski definition) is 0. The van der Waals surface area contributed by atoms with Crippen molar-refractivity contribution >= 4 is 17.5 Å². The molecule has 1 aliphatic rings. The van der Waals surface area contributed by atoms with Crippen molar-refractivity contribution < 1.29 is 18.7 Å². The molecule has 196 valence electrons. The van der Waals surface area contributed by atoms with Gasteiger partial charge in [-0.1, -0.05) is 18.2 Å². The highest BCUT2D eigenvalue weighted by Gasteiger charge is 2.25. The second-order valence-electron chi connectivity index (χ2n) is 9.52. The molecule has 37 heavy (non-hydrogen) atoms. The minimum absolute atomic E-state index is 0.0107. The van der Waals surface area contributed by atoms with Gasteiger partial charge in [0, 0.05) is 69.6 Å². The number of aromatic nitrogens is 2. The fourth-order valence-electron chi connectivity index (χ4n) is 4.61. The molecule has 0 N–H and O–H groups in total. The van der Waals surface area contributed by atoms with E-state index < -0.39 is 0 Å². The molecule has 2 amide bonds. The van der Waals surface area contributed by atoms with Gasteiger partial charge in [0.1, 0.15) is 6.61 Å². The predicted molar refractivity (Wildman–Crippen MR) is 141 cm³/mol. The molecule has 2 aromatic carbocycles. The van der Waals surface area contributed by atoms with Gasteiger partial charge in [-0.3, -0.25) is 14.5 Å². The van der Waals surface area contributed by atoms with E-state index in [1.54, 1.807) is 24.0 Å². The first-order valence-corrected chi connectivity index (χ1v) is 12.7. The third-order valence-corrected chi connectivity index (χ3v) is 6.62. The Balaban J connectivity index is 1.65. The van der Waals surface area contributed by atoms with Crippen molar-refractivity contribution in [1.82, 2.24) is 20.0 Å². The zero-order chi connectivity index (χ0) is 26.4. The van der Waals surface area contributed by atoms with Crippen LogP contribution in [0.15, 0.2) is 52.9 Å². The molecule has 3 aromatic rings. The van der Waals surface area contributed by atoms with E-state index in [9.17, 15) is 9.59 Å². The van der Waals surface area contributed by atoms with Gasteiger partial charge in [0.15, 0.2) is 0 Å². The fraction of sp³-hybridized carbons (Fsp3) is 0.429. The summed E-state index contributed by atoms with van der Waals surface area (Å²) in [6, 6.07) is 15.4. The number of hydrogen-bond acceptors (Lipinski definition) is 7. The average Bonchev–Trinajstić information content (AvgIpc) is 3.32. The van der Waals surface area contributed by atoms with Gasteiger partial charge < -0.3 is 19.0 Å². The second kappa shape index (κ2) is 12.1. The minimum Gasteiger partial charge on any atom is -0.421 e. The Morgan fingerprint density at radius 1 is 1.00 bits per heavy atom. The Bertz CT molecular complexity index is 1210. The molecule has 0 saturated heterocycles. The number of rotatable bonds is 5. The molecule has 1 aliphatic heterocycles. The molecule has 9 heteroatoms. The highest BCUT2D eigenvalue weighted by molar-refractivity contribution is 5.96. The van der Waals surface area contributed by atoms with Crippen LogP contribution in [0.4, 0.5) is 5.69 Å². The van der Waals surface area contributed by atoms with Gasteiger partial charge in [0.05, 0.1) is 0 Å². The first-order chi connectivity index (χ1) is 17.9. The number of amides is 2. The van der Waals surface area contributed by atoms with Crippen molar-refractivity contribution in [3.63, 3.8) is 0 Å². The predicted octanol–water partition coefficient (Wildman–Crippen LogP) is 3.78. The second-order valence-corrected chi connectivity index (χ2v) is 9.52. The lowest BCUT2D eigenvalue weighted by Crippen LogP contribution is -2.41. The van der Waals surface area contributed by atoms with Gasteiger partial charge in [-0.2, -0.15) is 0 Å². The summed E-state index contributed by atoms with van der Waals surface area (Å²) in [6.45, 7) is 9.20. The smallest absolute Gasteiger partial charge is 0.254 e. The van der Waals surface area contributed by atoms with Gasteiger partial charge in [-0.25, -0.2) is 0 Å². The quantitative estimate of drug-likeness (QED) is 0.521. The van der Waals surface area contributed by atoms with Crippen LogP contribution in [0.3, 0.4) is 0 Å². The van der Waals surface area contributed by atoms with E-state index in [-0.39, 0.29) is 18.4 Å². The van der Waals surface area contributed by atoms with Crippen LogP contribution >= 0.6 is 0 Å². The van der Waals surface area contributed by atoms with Crippen LogP contribution in [0.1, 0.15) is 42.1 Å². The molecule has 0 aliphatic carbocycles. The summed E-state index contributed by atoms with van der Waals surface area (Å²) in [5.41, 5.74) is 3.09. The van der Waals surface area contributed by atoms with Crippen molar-refractivity contribution in [1.29, 1.82) is 0 Å².